The number of alkyl halides is 9. The van der Waals surface area contributed by atoms with Gasteiger partial charge in [-0.2, -0.15) is 9.97 Å². The number of anilines is 1. The average molecular weight is 794 g/mol. The van der Waals surface area contributed by atoms with Gasteiger partial charge in [0.1, 0.15) is 11.5 Å². The lowest BCUT2D eigenvalue weighted by Crippen LogP contribution is -2.16. The third-order valence-corrected chi connectivity index (χ3v) is 6.69. The summed E-state index contributed by atoms with van der Waals surface area (Å²) < 4.78 is 4.67. The molecule has 2 N–H and O–H groups in total. The Bertz CT molecular complexity index is 1610. The van der Waals surface area contributed by atoms with Crippen LogP contribution in [0.2, 0.25) is 0 Å². The second-order valence-electron chi connectivity index (χ2n) is 8.42. The highest BCUT2D eigenvalue weighted by atomic mass is 35.6. The fourth-order valence-corrected chi connectivity index (χ4v) is 3.86. The van der Waals surface area contributed by atoms with Crippen LogP contribution in [-0.2, 0) is 11.4 Å². The zero-order chi connectivity index (χ0) is 33.4. The van der Waals surface area contributed by atoms with Crippen LogP contribution in [0.3, 0.4) is 0 Å². The van der Waals surface area contributed by atoms with Crippen molar-refractivity contribution in [1.29, 1.82) is 0 Å². The van der Waals surface area contributed by atoms with Crippen LogP contribution in [0.15, 0.2) is 48.5 Å². The van der Waals surface area contributed by atoms with Crippen molar-refractivity contribution in [3.05, 3.63) is 88.8 Å². The minimum atomic E-state index is -1.88. The fraction of sp³-hybridized carbons (Fsp3) is 0.185. The molecule has 9 nitrogen and oxygen atoms in total. The van der Waals surface area contributed by atoms with Crippen LogP contribution in [0.4, 0.5) is 5.95 Å². The molecular formula is C27H20Cl9N7O2. The molecule has 0 atom stereocenters. The SMILES string of the molecule is COc1ccc(C=Cc2nc(C(Cl)(Cl)Cl)nc(C(Cl)(Cl)Cl)n2)cc1.COc1ccc(C=Cc2nc(N)nc(C(Cl)(Cl)Cl)n2)cc1. The van der Waals surface area contributed by atoms with Crippen LogP contribution < -0.4 is 15.2 Å². The average Bonchev–Trinajstić information content (AvgIpc) is 2.98. The van der Waals surface area contributed by atoms with E-state index in [2.05, 4.69) is 29.9 Å². The minimum Gasteiger partial charge on any atom is -0.497 e. The third kappa shape index (κ3) is 12.2. The van der Waals surface area contributed by atoms with E-state index < -0.39 is 11.4 Å². The summed E-state index contributed by atoms with van der Waals surface area (Å²) >= 11 is 52.1. The van der Waals surface area contributed by atoms with Gasteiger partial charge in [0.15, 0.2) is 29.1 Å². The van der Waals surface area contributed by atoms with Crippen LogP contribution in [0, 0.1) is 0 Å². The van der Waals surface area contributed by atoms with Crippen molar-refractivity contribution in [2.24, 2.45) is 0 Å². The summed E-state index contributed by atoms with van der Waals surface area (Å²) in [5, 5.41) is 0. The molecule has 0 aliphatic heterocycles. The molecule has 2 aromatic carbocycles. The lowest BCUT2D eigenvalue weighted by molar-refractivity contribution is 0.414. The highest BCUT2D eigenvalue weighted by Crippen LogP contribution is 2.40. The molecule has 4 aromatic rings. The second kappa shape index (κ2) is 16.2. The van der Waals surface area contributed by atoms with E-state index in [1.165, 1.54) is 0 Å². The van der Waals surface area contributed by atoms with Gasteiger partial charge in [-0.15, -0.1) is 0 Å². The molecule has 45 heavy (non-hydrogen) atoms. The molecule has 0 radical (unpaired) electrons. The summed E-state index contributed by atoms with van der Waals surface area (Å²) in [6.45, 7) is 0. The molecule has 2 heterocycles. The van der Waals surface area contributed by atoms with Crippen molar-refractivity contribution in [2.75, 3.05) is 20.0 Å². The normalized spacial score (nSPS) is 12.2. The number of hydrogen-bond donors (Lipinski definition) is 1. The highest BCUT2D eigenvalue weighted by molar-refractivity contribution is 6.67. The van der Waals surface area contributed by atoms with Crippen LogP contribution in [-0.4, -0.2) is 44.1 Å². The van der Waals surface area contributed by atoms with E-state index in [4.69, 9.17) is 120 Å². The number of benzene rings is 2. The lowest BCUT2D eigenvalue weighted by atomic mass is 10.2. The molecule has 0 saturated carbocycles. The lowest BCUT2D eigenvalue weighted by Gasteiger charge is -2.14. The first-order chi connectivity index (χ1) is 21.0. The van der Waals surface area contributed by atoms with E-state index in [1.54, 1.807) is 38.5 Å². The van der Waals surface area contributed by atoms with Gasteiger partial charge in [-0.25, -0.2) is 19.9 Å². The van der Waals surface area contributed by atoms with E-state index in [0.717, 1.165) is 22.6 Å². The van der Waals surface area contributed by atoms with Gasteiger partial charge < -0.3 is 15.2 Å². The number of rotatable bonds is 6. The Morgan fingerprint density at radius 3 is 1.16 bits per heavy atom. The van der Waals surface area contributed by atoms with Crippen molar-refractivity contribution >= 4 is 135 Å². The molecule has 238 valence electrons. The molecule has 0 fully saturated rings. The predicted octanol–water partition coefficient (Wildman–Crippen LogP) is 9.16. The van der Waals surface area contributed by atoms with E-state index in [-0.39, 0.29) is 29.2 Å². The molecule has 0 unspecified atom stereocenters. The van der Waals surface area contributed by atoms with Crippen LogP contribution in [0.5, 0.6) is 11.5 Å². The van der Waals surface area contributed by atoms with E-state index in [1.807, 2.05) is 48.5 Å². The molecule has 0 bridgehead atoms. The van der Waals surface area contributed by atoms with E-state index in [9.17, 15) is 0 Å². The largest absolute Gasteiger partial charge is 0.497 e. The standard InChI is InChI=1S/C14H9Cl6N3O.C13H11Cl3N4O/c1-24-9-5-2-8(3-6-9)4-7-10-21-11(13(15,16)17)23-12(22-10)14(18,19)20;1-21-9-5-2-8(3-6-9)4-7-10-18-11(13(14,15)16)20-12(17)19-10/h2-7H,1H3;2-7H,1H3,(H2,17,18,19,20). The zero-order valence-electron chi connectivity index (χ0n) is 22.9. The topological polar surface area (TPSA) is 122 Å². The molecular weight excluding hydrogens is 773 g/mol. The first-order valence-corrected chi connectivity index (χ1v) is 15.5. The van der Waals surface area contributed by atoms with E-state index in [0.29, 0.717) is 5.82 Å². The monoisotopic (exact) mass is 789 g/mol. The molecule has 18 heteroatoms. The number of ether oxygens (including phenoxy) is 2. The smallest absolute Gasteiger partial charge is 0.250 e. The van der Waals surface area contributed by atoms with Gasteiger partial charge in [0.25, 0.3) is 0 Å². The Hall–Kier alpha value is -2.05. The Kier molecular flexibility index (Phi) is 13.4. The van der Waals surface area contributed by atoms with E-state index >= 15 is 0 Å². The number of methoxy groups -OCH3 is 2. The maximum atomic E-state index is 5.81. The van der Waals surface area contributed by atoms with Crippen molar-refractivity contribution in [3.8, 4) is 11.5 Å². The summed E-state index contributed by atoms with van der Waals surface area (Å²) in [6, 6.07) is 14.8. The van der Waals surface area contributed by atoms with Crippen molar-refractivity contribution < 1.29 is 9.47 Å². The molecule has 2 aromatic heterocycles. The molecule has 0 saturated heterocycles. The molecule has 0 spiro atoms. The van der Waals surface area contributed by atoms with Crippen LogP contribution in [0.25, 0.3) is 24.3 Å². The number of nitrogen functional groups attached to an aromatic ring is 1. The first kappa shape index (κ1) is 37.4. The van der Waals surface area contributed by atoms with Crippen molar-refractivity contribution in [2.45, 2.75) is 11.4 Å². The summed E-state index contributed by atoms with van der Waals surface area (Å²) in [7, 11) is 3.20. The zero-order valence-corrected chi connectivity index (χ0v) is 29.7. The number of hydrogen-bond acceptors (Lipinski definition) is 9. The molecule has 4 rings (SSSR count). The molecule has 0 aliphatic rings. The minimum absolute atomic E-state index is 0.0132. The third-order valence-electron chi connectivity index (χ3n) is 5.16. The van der Waals surface area contributed by atoms with Gasteiger partial charge in [0.05, 0.1) is 14.2 Å². The number of nitrogens with zero attached hydrogens (tertiary/aromatic N) is 6. The summed E-state index contributed by atoms with van der Waals surface area (Å²) in [5.74, 6) is 1.69. The van der Waals surface area contributed by atoms with Crippen LogP contribution in [0.1, 0.15) is 40.2 Å². The van der Waals surface area contributed by atoms with Gasteiger partial charge in [-0.05, 0) is 47.5 Å². The molecule has 0 aliphatic carbocycles. The number of halogens is 9. The van der Waals surface area contributed by atoms with Gasteiger partial charge in [-0.3, -0.25) is 0 Å². The maximum Gasteiger partial charge on any atom is 0.250 e. The van der Waals surface area contributed by atoms with Gasteiger partial charge in [0, 0.05) is 0 Å². The first-order valence-electron chi connectivity index (χ1n) is 12.1. The predicted molar refractivity (Wildman–Crippen MR) is 186 cm³/mol. The van der Waals surface area contributed by atoms with Crippen molar-refractivity contribution in [3.63, 3.8) is 0 Å². The number of aromatic nitrogens is 6. The van der Waals surface area contributed by atoms with Gasteiger partial charge >= 0.3 is 0 Å². The van der Waals surface area contributed by atoms with Gasteiger partial charge in [0.2, 0.25) is 17.3 Å². The van der Waals surface area contributed by atoms with Gasteiger partial charge in [-0.1, -0.05) is 141 Å². The Balaban J connectivity index is 0.000000248. The van der Waals surface area contributed by atoms with Crippen LogP contribution >= 0.6 is 104 Å². The summed E-state index contributed by atoms with van der Waals surface area (Å²) in [6.07, 6.45) is 6.79. The number of nitrogens with two attached hydrogens (primary N) is 1. The fourth-order valence-electron chi connectivity index (χ4n) is 3.10. The summed E-state index contributed by atoms with van der Waals surface area (Å²) in [5.41, 5.74) is 7.39. The second-order valence-corrected chi connectivity index (χ2v) is 15.3. The quantitative estimate of drug-likeness (QED) is 0.191. The maximum absolute atomic E-state index is 5.81. The Morgan fingerprint density at radius 1 is 0.489 bits per heavy atom. The Morgan fingerprint density at radius 2 is 0.822 bits per heavy atom. The molecule has 0 amide bonds. The summed E-state index contributed by atoms with van der Waals surface area (Å²) in [4.78, 5) is 23.8. The Labute approximate surface area is 303 Å². The van der Waals surface area contributed by atoms with Crippen molar-refractivity contribution in [1.82, 2.24) is 29.9 Å². The highest BCUT2D eigenvalue weighted by Gasteiger charge is 2.33.